The number of aromatic nitrogens is 1. The molecule has 1 aromatic heterocycles. The molecule has 1 atom stereocenters. The summed E-state index contributed by atoms with van der Waals surface area (Å²) in [5.74, 6) is 0. The molecule has 1 heterocycles. The molecule has 0 fully saturated rings. The molecule has 5 heteroatoms. The third kappa shape index (κ3) is 2.63. The Hall–Kier alpha value is -0.893. The third-order valence-electron chi connectivity index (χ3n) is 4.47. The van der Waals surface area contributed by atoms with Gasteiger partial charge >= 0.3 is 0 Å². The van der Waals surface area contributed by atoms with E-state index in [-0.39, 0.29) is 11.1 Å². The van der Waals surface area contributed by atoms with Crippen LogP contribution < -0.4 is 0 Å². The first-order chi connectivity index (χ1) is 9.17. The van der Waals surface area contributed by atoms with E-state index in [1.165, 1.54) is 0 Å². The molecule has 0 aliphatic heterocycles. The van der Waals surface area contributed by atoms with Gasteiger partial charge in [0.15, 0.2) is 8.32 Å². The average Bonchev–Trinajstić information content (AvgIpc) is 2.72. The van der Waals surface area contributed by atoms with Gasteiger partial charge in [0, 0.05) is 6.20 Å². The summed E-state index contributed by atoms with van der Waals surface area (Å²) in [4.78, 5) is 4.43. The molecular weight excluding hydrogens is 288 g/mol. The van der Waals surface area contributed by atoms with Gasteiger partial charge in [0.25, 0.3) is 0 Å². The molecule has 3 nitrogen and oxygen atoms in total. The molecular formula is C15H21ClN2OSi. The average molecular weight is 309 g/mol. The smallest absolute Gasteiger partial charge is 0.192 e. The van der Waals surface area contributed by atoms with Gasteiger partial charge in [-0.2, -0.15) is 5.26 Å². The Labute approximate surface area is 127 Å². The number of halogens is 1. The maximum Gasteiger partial charge on any atom is 0.192 e. The van der Waals surface area contributed by atoms with Crippen LogP contribution in [0.3, 0.4) is 0 Å². The number of fused-ring (bicyclic) bond motifs is 1. The van der Waals surface area contributed by atoms with Gasteiger partial charge in [-0.25, -0.2) is 0 Å². The van der Waals surface area contributed by atoms with Crippen LogP contribution >= 0.6 is 11.6 Å². The maximum atomic E-state index is 9.01. The van der Waals surface area contributed by atoms with E-state index < -0.39 is 8.32 Å². The fourth-order valence-corrected chi connectivity index (χ4v) is 3.77. The normalized spacial score (nSPS) is 18.8. The lowest BCUT2D eigenvalue weighted by atomic mass is 10.1. The van der Waals surface area contributed by atoms with Crippen LogP contribution in [0.2, 0.25) is 23.2 Å². The fourth-order valence-electron chi connectivity index (χ4n) is 2.20. The molecule has 1 aliphatic carbocycles. The Morgan fingerprint density at radius 3 is 2.65 bits per heavy atom. The Kier molecular flexibility index (Phi) is 3.98. The maximum absolute atomic E-state index is 9.01. The molecule has 20 heavy (non-hydrogen) atoms. The summed E-state index contributed by atoms with van der Waals surface area (Å²) >= 11 is 6.27. The van der Waals surface area contributed by atoms with Gasteiger partial charge < -0.3 is 4.43 Å². The van der Waals surface area contributed by atoms with Crippen molar-refractivity contribution in [1.82, 2.24) is 4.98 Å². The summed E-state index contributed by atoms with van der Waals surface area (Å²) in [5, 5.41) is 9.74. The molecule has 0 bridgehead atoms. The van der Waals surface area contributed by atoms with Crippen molar-refractivity contribution >= 4 is 19.9 Å². The molecule has 0 amide bonds. The van der Waals surface area contributed by atoms with Crippen LogP contribution in [0.1, 0.15) is 50.1 Å². The molecule has 0 saturated carbocycles. The molecule has 0 spiro atoms. The predicted molar refractivity (Wildman–Crippen MR) is 83.3 cm³/mol. The van der Waals surface area contributed by atoms with Crippen LogP contribution in [-0.2, 0) is 10.8 Å². The van der Waals surface area contributed by atoms with E-state index in [4.69, 9.17) is 21.3 Å². The van der Waals surface area contributed by atoms with E-state index in [1.807, 2.05) is 0 Å². The van der Waals surface area contributed by atoms with E-state index in [0.717, 1.165) is 24.1 Å². The molecule has 1 aliphatic rings. The third-order valence-corrected chi connectivity index (χ3v) is 9.39. The largest absolute Gasteiger partial charge is 0.408 e. The van der Waals surface area contributed by atoms with Crippen LogP contribution in [0.15, 0.2) is 6.20 Å². The Balaban J connectivity index is 2.31. The molecule has 0 saturated heterocycles. The van der Waals surface area contributed by atoms with Crippen molar-refractivity contribution in [3.8, 4) is 6.07 Å². The van der Waals surface area contributed by atoms with Crippen molar-refractivity contribution in [1.29, 1.82) is 5.26 Å². The molecule has 0 radical (unpaired) electrons. The van der Waals surface area contributed by atoms with Crippen LogP contribution in [0, 0.1) is 11.3 Å². The quantitative estimate of drug-likeness (QED) is 0.749. The number of rotatable bonds is 2. The van der Waals surface area contributed by atoms with Crippen molar-refractivity contribution < 1.29 is 4.43 Å². The number of hydrogen-bond donors (Lipinski definition) is 0. The lowest BCUT2D eigenvalue weighted by Crippen LogP contribution is -2.41. The van der Waals surface area contributed by atoms with Crippen molar-refractivity contribution in [2.24, 2.45) is 0 Å². The standard InChI is InChI=1S/C15H21ClN2OSi/c1-15(2,3)20(4,5)19-12-7-6-11-13(16)10(8-17)9-18-14(11)12/h9,12H,6-7H2,1-5H3/t12-/m1/s1. The van der Waals surface area contributed by atoms with Gasteiger partial charge in [0.1, 0.15) is 6.07 Å². The zero-order chi connectivity index (χ0) is 15.1. The van der Waals surface area contributed by atoms with Crippen molar-refractivity contribution in [3.63, 3.8) is 0 Å². The Bertz CT molecular complexity index is 572. The lowest BCUT2D eigenvalue weighted by Gasteiger charge is -2.38. The van der Waals surface area contributed by atoms with Gasteiger partial charge in [0.05, 0.1) is 22.4 Å². The SMILES string of the molecule is CC(C)(C)[Si](C)(C)O[C@@H]1CCc2c1ncc(C#N)c2Cl. The first-order valence-corrected chi connectivity index (χ1v) is 10.2. The second kappa shape index (κ2) is 5.14. The fraction of sp³-hybridized carbons (Fsp3) is 0.600. The van der Waals surface area contributed by atoms with E-state index in [2.05, 4.69) is 44.9 Å². The van der Waals surface area contributed by atoms with E-state index in [0.29, 0.717) is 10.6 Å². The zero-order valence-electron chi connectivity index (χ0n) is 12.7. The summed E-state index contributed by atoms with van der Waals surface area (Å²) < 4.78 is 6.45. The molecule has 1 aromatic rings. The minimum absolute atomic E-state index is 0.0242. The van der Waals surface area contributed by atoms with Crippen molar-refractivity contribution in [2.75, 3.05) is 0 Å². The summed E-state index contributed by atoms with van der Waals surface area (Å²) in [6.07, 6.45) is 3.34. The highest BCUT2D eigenvalue weighted by atomic mass is 35.5. The highest BCUT2D eigenvalue weighted by Gasteiger charge is 2.41. The summed E-state index contributed by atoms with van der Waals surface area (Å²) in [7, 11) is -1.83. The lowest BCUT2D eigenvalue weighted by molar-refractivity contribution is 0.181. The van der Waals surface area contributed by atoms with Crippen molar-refractivity contribution in [3.05, 3.63) is 28.0 Å². The molecule has 0 N–H and O–H groups in total. The second-order valence-corrected chi connectivity index (χ2v) is 12.0. The van der Waals surface area contributed by atoms with Gasteiger partial charge in [-0.3, -0.25) is 4.98 Å². The van der Waals surface area contributed by atoms with E-state index in [9.17, 15) is 0 Å². The van der Waals surface area contributed by atoms with Crippen LogP contribution in [0.5, 0.6) is 0 Å². The highest BCUT2D eigenvalue weighted by Crippen LogP contribution is 2.44. The van der Waals surface area contributed by atoms with Crippen molar-refractivity contribution in [2.45, 2.75) is 57.8 Å². The Morgan fingerprint density at radius 2 is 2.10 bits per heavy atom. The van der Waals surface area contributed by atoms with Crippen LogP contribution in [-0.4, -0.2) is 13.3 Å². The Morgan fingerprint density at radius 1 is 1.45 bits per heavy atom. The van der Waals surface area contributed by atoms with Gasteiger partial charge in [-0.1, -0.05) is 32.4 Å². The van der Waals surface area contributed by atoms with Crippen LogP contribution in [0.4, 0.5) is 0 Å². The van der Waals surface area contributed by atoms with Gasteiger partial charge in [-0.15, -0.1) is 0 Å². The molecule has 0 unspecified atom stereocenters. The van der Waals surface area contributed by atoms with Gasteiger partial charge in [0.2, 0.25) is 0 Å². The number of hydrogen-bond acceptors (Lipinski definition) is 3. The summed E-state index contributed by atoms with van der Waals surface area (Å²) in [6, 6.07) is 2.09. The molecule has 0 aromatic carbocycles. The monoisotopic (exact) mass is 308 g/mol. The molecule has 2 rings (SSSR count). The first kappa shape index (κ1) is 15.5. The minimum atomic E-state index is -1.83. The summed E-state index contributed by atoms with van der Waals surface area (Å²) in [6.45, 7) is 11.2. The van der Waals surface area contributed by atoms with Crippen LogP contribution in [0.25, 0.3) is 0 Å². The first-order valence-electron chi connectivity index (χ1n) is 6.92. The van der Waals surface area contributed by atoms with Gasteiger partial charge in [-0.05, 0) is 36.5 Å². The number of nitriles is 1. The van der Waals surface area contributed by atoms with E-state index >= 15 is 0 Å². The minimum Gasteiger partial charge on any atom is -0.408 e. The second-order valence-electron chi connectivity index (χ2n) is 6.87. The predicted octanol–water partition coefficient (Wildman–Crippen LogP) is 4.62. The topological polar surface area (TPSA) is 45.9 Å². The number of pyridine rings is 1. The molecule has 108 valence electrons. The number of nitrogens with zero attached hydrogens (tertiary/aromatic N) is 2. The zero-order valence-corrected chi connectivity index (χ0v) is 14.5. The van der Waals surface area contributed by atoms with E-state index in [1.54, 1.807) is 6.20 Å². The highest BCUT2D eigenvalue weighted by molar-refractivity contribution is 6.74. The summed E-state index contributed by atoms with van der Waals surface area (Å²) in [5.41, 5.74) is 2.38.